The first-order valence-electron chi connectivity index (χ1n) is 4.35. The van der Waals surface area contributed by atoms with E-state index in [-0.39, 0.29) is 0 Å². The zero-order valence-electron chi connectivity index (χ0n) is 8.04. The number of hydrogen-bond donors (Lipinski definition) is 0. The molecule has 0 aliphatic heterocycles. The highest BCUT2D eigenvalue weighted by molar-refractivity contribution is 7.71. The molecule has 14 heavy (non-hydrogen) atoms. The second kappa shape index (κ2) is 3.37. The lowest BCUT2D eigenvalue weighted by Gasteiger charge is -2.07. The van der Waals surface area contributed by atoms with Gasteiger partial charge in [0, 0.05) is 23.7 Å². The lowest BCUT2D eigenvalue weighted by Crippen LogP contribution is -1.94. The van der Waals surface area contributed by atoms with E-state index in [2.05, 4.69) is 0 Å². The Kier molecular flexibility index (Phi) is 2.33. The number of benzene rings is 1. The van der Waals surface area contributed by atoms with Crippen molar-refractivity contribution in [2.75, 3.05) is 0 Å². The first-order valence-corrected chi connectivity index (χ1v) is 5.14. The van der Waals surface area contributed by atoms with Gasteiger partial charge in [0.2, 0.25) is 0 Å². The summed E-state index contributed by atoms with van der Waals surface area (Å²) in [6, 6.07) is 5.79. The Balaban J connectivity index is 3.02. The smallest absolute Gasteiger partial charge is 0.0514 e. The zero-order chi connectivity index (χ0) is 10.3. The van der Waals surface area contributed by atoms with Gasteiger partial charge in [0.05, 0.1) is 10.0 Å². The third-order valence-electron chi connectivity index (χ3n) is 2.33. The SMILES string of the molecule is Cc1cn(C)c2cc(Cl)ccc2c1=S. The molecule has 0 atom stereocenters. The minimum Gasteiger partial charge on any atom is -0.350 e. The van der Waals surface area contributed by atoms with Crippen molar-refractivity contribution >= 4 is 34.7 Å². The average molecular weight is 224 g/mol. The van der Waals surface area contributed by atoms with Crippen molar-refractivity contribution in [1.29, 1.82) is 0 Å². The second-order valence-electron chi connectivity index (χ2n) is 3.41. The van der Waals surface area contributed by atoms with Gasteiger partial charge >= 0.3 is 0 Å². The number of nitrogens with zero attached hydrogens (tertiary/aromatic N) is 1. The highest BCUT2D eigenvalue weighted by atomic mass is 35.5. The number of aryl methyl sites for hydroxylation is 2. The van der Waals surface area contributed by atoms with E-state index in [9.17, 15) is 0 Å². The van der Waals surface area contributed by atoms with Gasteiger partial charge in [-0.05, 0) is 30.7 Å². The van der Waals surface area contributed by atoms with Gasteiger partial charge in [-0.15, -0.1) is 0 Å². The number of pyridine rings is 1. The monoisotopic (exact) mass is 223 g/mol. The zero-order valence-corrected chi connectivity index (χ0v) is 9.62. The summed E-state index contributed by atoms with van der Waals surface area (Å²) in [5.41, 5.74) is 2.20. The molecule has 0 aliphatic carbocycles. The fraction of sp³-hybridized carbons (Fsp3) is 0.182. The number of halogens is 1. The summed E-state index contributed by atoms with van der Waals surface area (Å²) in [6.45, 7) is 2.02. The highest BCUT2D eigenvalue weighted by Crippen LogP contribution is 2.21. The normalized spacial score (nSPS) is 10.8. The molecule has 0 amide bonds. The highest BCUT2D eigenvalue weighted by Gasteiger charge is 2.01. The van der Waals surface area contributed by atoms with E-state index in [4.69, 9.17) is 23.8 Å². The van der Waals surface area contributed by atoms with Crippen molar-refractivity contribution in [1.82, 2.24) is 4.57 Å². The topological polar surface area (TPSA) is 4.93 Å². The first kappa shape index (κ1) is 9.69. The van der Waals surface area contributed by atoms with Gasteiger partial charge in [-0.2, -0.15) is 0 Å². The summed E-state index contributed by atoms with van der Waals surface area (Å²) in [7, 11) is 2.00. The minimum absolute atomic E-state index is 0.742. The van der Waals surface area contributed by atoms with Gasteiger partial charge in [0.15, 0.2) is 0 Å². The van der Waals surface area contributed by atoms with Crippen molar-refractivity contribution in [2.24, 2.45) is 7.05 Å². The Morgan fingerprint density at radius 1 is 1.36 bits per heavy atom. The molecule has 0 unspecified atom stereocenters. The fourth-order valence-corrected chi connectivity index (χ4v) is 2.01. The van der Waals surface area contributed by atoms with Gasteiger partial charge < -0.3 is 4.57 Å². The summed E-state index contributed by atoms with van der Waals surface area (Å²) >= 11 is 11.3. The van der Waals surface area contributed by atoms with Gasteiger partial charge in [-0.3, -0.25) is 0 Å². The van der Waals surface area contributed by atoms with Crippen molar-refractivity contribution in [3.05, 3.63) is 39.5 Å². The molecule has 0 aliphatic rings. The van der Waals surface area contributed by atoms with Gasteiger partial charge in [0.1, 0.15) is 0 Å². The maximum Gasteiger partial charge on any atom is 0.0514 e. The maximum atomic E-state index is 5.94. The summed E-state index contributed by atoms with van der Waals surface area (Å²) in [5, 5.41) is 1.83. The molecule has 2 rings (SSSR count). The van der Waals surface area contributed by atoms with Gasteiger partial charge in [-0.1, -0.05) is 23.8 Å². The van der Waals surface area contributed by atoms with E-state index in [0.29, 0.717) is 0 Å². The lowest BCUT2D eigenvalue weighted by molar-refractivity contribution is 0.941. The quantitative estimate of drug-likeness (QED) is 0.614. The van der Waals surface area contributed by atoms with E-state index in [0.717, 1.165) is 26.0 Å². The summed E-state index contributed by atoms with van der Waals surface area (Å²) < 4.78 is 2.96. The Labute approximate surface area is 92.9 Å². The molecule has 1 heterocycles. The molecule has 2 aromatic rings. The van der Waals surface area contributed by atoms with Crippen LogP contribution in [-0.4, -0.2) is 4.57 Å². The standard InChI is InChI=1S/C11H10ClNS/c1-7-6-13(2)10-5-8(12)3-4-9(10)11(7)14/h3-6H,1-2H3. The van der Waals surface area contributed by atoms with Crippen LogP contribution in [0, 0.1) is 11.4 Å². The lowest BCUT2D eigenvalue weighted by atomic mass is 10.1. The van der Waals surface area contributed by atoms with E-state index in [1.807, 2.05) is 42.9 Å². The molecule has 0 saturated carbocycles. The fourth-order valence-electron chi connectivity index (χ4n) is 1.62. The molecule has 3 heteroatoms. The van der Waals surface area contributed by atoms with Crippen LogP contribution in [0.5, 0.6) is 0 Å². The number of fused-ring (bicyclic) bond motifs is 1. The Morgan fingerprint density at radius 3 is 2.79 bits per heavy atom. The first-order chi connectivity index (χ1) is 6.59. The largest absolute Gasteiger partial charge is 0.350 e. The molecular formula is C11H10ClNS. The van der Waals surface area contributed by atoms with Crippen LogP contribution in [0.4, 0.5) is 0 Å². The predicted octanol–water partition coefficient (Wildman–Crippen LogP) is 3.87. The molecule has 0 fully saturated rings. The van der Waals surface area contributed by atoms with Gasteiger partial charge in [-0.25, -0.2) is 0 Å². The predicted molar refractivity (Wildman–Crippen MR) is 63.5 cm³/mol. The molecule has 1 aromatic carbocycles. The summed E-state index contributed by atoms with van der Waals surface area (Å²) in [6.07, 6.45) is 2.03. The van der Waals surface area contributed by atoms with Gasteiger partial charge in [0.25, 0.3) is 0 Å². The van der Waals surface area contributed by atoms with Crippen LogP contribution >= 0.6 is 23.8 Å². The van der Waals surface area contributed by atoms with Crippen LogP contribution in [0.2, 0.25) is 5.02 Å². The average Bonchev–Trinajstić information content (AvgIpc) is 2.14. The minimum atomic E-state index is 0.742. The van der Waals surface area contributed by atoms with Crippen LogP contribution in [-0.2, 0) is 7.05 Å². The molecule has 0 N–H and O–H groups in total. The number of aromatic nitrogens is 1. The van der Waals surface area contributed by atoms with E-state index in [1.54, 1.807) is 0 Å². The van der Waals surface area contributed by atoms with Crippen LogP contribution in [0.3, 0.4) is 0 Å². The Morgan fingerprint density at radius 2 is 2.07 bits per heavy atom. The summed E-state index contributed by atoms with van der Waals surface area (Å²) in [4.78, 5) is 0. The Bertz CT molecular complexity index is 557. The van der Waals surface area contributed by atoms with Crippen LogP contribution in [0.1, 0.15) is 5.56 Å². The Hall–Kier alpha value is -0.860. The molecule has 1 nitrogen and oxygen atoms in total. The number of rotatable bonds is 0. The van der Waals surface area contributed by atoms with Crippen LogP contribution < -0.4 is 0 Å². The third kappa shape index (κ3) is 1.45. The molecule has 0 spiro atoms. The third-order valence-corrected chi connectivity index (χ3v) is 3.11. The molecule has 0 radical (unpaired) electrons. The molecule has 0 bridgehead atoms. The van der Waals surface area contributed by atoms with Crippen molar-refractivity contribution in [3.8, 4) is 0 Å². The van der Waals surface area contributed by atoms with E-state index in [1.165, 1.54) is 0 Å². The van der Waals surface area contributed by atoms with Crippen molar-refractivity contribution in [2.45, 2.75) is 6.92 Å². The second-order valence-corrected chi connectivity index (χ2v) is 4.26. The maximum absolute atomic E-state index is 5.94. The molecule has 72 valence electrons. The molecule has 0 saturated heterocycles. The summed E-state index contributed by atoms with van der Waals surface area (Å²) in [5.74, 6) is 0. The molecule has 1 aromatic heterocycles. The molecular weight excluding hydrogens is 214 g/mol. The van der Waals surface area contributed by atoms with Crippen LogP contribution in [0.15, 0.2) is 24.4 Å². The van der Waals surface area contributed by atoms with E-state index < -0.39 is 0 Å². The van der Waals surface area contributed by atoms with Crippen molar-refractivity contribution < 1.29 is 0 Å². The number of hydrogen-bond acceptors (Lipinski definition) is 1. The van der Waals surface area contributed by atoms with E-state index >= 15 is 0 Å². The van der Waals surface area contributed by atoms with Crippen molar-refractivity contribution in [3.63, 3.8) is 0 Å². The van der Waals surface area contributed by atoms with Crippen LogP contribution in [0.25, 0.3) is 10.9 Å².